The maximum Gasteiger partial charge on any atom is 0.0925 e. The van der Waals surface area contributed by atoms with E-state index < -0.39 is 0 Å². The third-order valence-electron chi connectivity index (χ3n) is 1.64. The van der Waals surface area contributed by atoms with E-state index in [1.165, 1.54) is 0 Å². The first-order chi connectivity index (χ1) is 5.84. The zero-order valence-corrected chi connectivity index (χ0v) is 7.09. The van der Waals surface area contributed by atoms with Crippen molar-refractivity contribution in [2.24, 2.45) is 0 Å². The third kappa shape index (κ3) is 2.36. The summed E-state index contributed by atoms with van der Waals surface area (Å²) >= 11 is 0. The minimum atomic E-state index is 0.545. The van der Waals surface area contributed by atoms with Gasteiger partial charge in [-0.1, -0.05) is 0 Å². The van der Waals surface area contributed by atoms with Crippen LogP contribution in [0.1, 0.15) is 17.8 Å². The number of H-pyrrole nitrogens is 1. The Morgan fingerprint density at radius 3 is 3.17 bits per heavy atom. The molecular weight excluding hydrogens is 152 g/mol. The average Bonchev–Trinajstić information content (AvgIpc) is 2.46. The highest BCUT2D eigenvalue weighted by Crippen LogP contribution is 1.98. The third-order valence-corrected chi connectivity index (χ3v) is 1.64. The summed E-state index contributed by atoms with van der Waals surface area (Å²) in [6, 6.07) is 2.07. The molecule has 12 heavy (non-hydrogen) atoms. The summed E-state index contributed by atoms with van der Waals surface area (Å²) in [6.45, 7) is 3.44. The SMILES string of the molecule is Cc1[nH]cnc1CNCCC#N. The molecule has 0 spiro atoms. The molecule has 0 unspecified atom stereocenters. The number of aromatic amines is 1. The Balaban J connectivity index is 2.25. The molecule has 0 saturated heterocycles. The number of aromatic nitrogens is 2. The lowest BCUT2D eigenvalue weighted by atomic mass is 10.3. The molecule has 1 aromatic rings. The van der Waals surface area contributed by atoms with Crippen molar-refractivity contribution in [3.8, 4) is 6.07 Å². The van der Waals surface area contributed by atoms with Crippen LogP contribution in [0.5, 0.6) is 0 Å². The predicted octanol–water partition coefficient (Wildman–Crippen LogP) is 0.721. The molecule has 0 fully saturated rings. The molecule has 2 N–H and O–H groups in total. The highest BCUT2D eigenvalue weighted by atomic mass is 14.9. The Kier molecular flexibility index (Phi) is 3.30. The molecule has 0 radical (unpaired) electrons. The molecule has 0 aromatic carbocycles. The van der Waals surface area contributed by atoms with E-state index in [1.54, 1.807) is 6.33 Å². The van der Waals surface area contributed by atoms with Crippen molar-refractivity contribution in [2.45, 2.75) is 19.9 Å². The van der Waals surface area contributed by atoms with Crippen LogP contribution in [0.2, 0.25) is 0 Å². The zero-order chi connectivity index (χ0) is 8.81. The number of nitriles is 1. The van der Waals surface area contributed by atoms with Gasteiger partial charge in [0.1, 0.15) is 0 Å². The van der Waals surface area contributed by atoms with E-state index >= 15 is 0 Å². The second-order valence-corrected chi connectivity index (χ2v) is 2.56. The minimum Gasteiger partial charge on any atom is -0.348 e. The van der Waals surface area contributed by atoms with E-state index in [0.29, 0.717) is 6.42 Å². The number of hydrogen-bond acceptors (Lipinski definition) is 3. The minimum absolute atomic E-state index is 0.545. The van der Waals surface area contributed by atoms with Gasteiger partial charge in [0.15, 0.2) is 0 Å². The topological polar surface area (TPSA) is 64.5 Å². The number of nitrogens with zero attached hydrogens (tertiary/aromatic N) is 2. The monoisotopic (exact) mass is 164 g/mol. The van der Waals surface area contributed by atoms with Gasteiger partial charge in [-0.05, 0) is 6.92 Å². The van der Waals surface area contributed by atoms with Crippen molar-refractivity contribution < 1.29 is 0 Å². The van der Waals surface area contributed by atoms with Gasteiger partial charge in [-0.3, -0.25) is 0 Å². The first-order valence-electron chi connectivity index (χ1n) is 3.91. The first-order valence-corrected chi connectivity index (χ1v) is 3.91. The molecule has 0 aliphatic carbocycles. The standard InChI is InChI=1S/C8H12N4/c1-7-8(12-6-11-7)5-10-4-2-3-9/h6,10H,2,4-5H2,1H3,(H,11,12). The highest BCUT2D eigenvalue weighted by Gasteiger charge is 1.98. The summed E-state index contributed by atoms with van der Waals surface area (Å²) in [4.78, 5) is 7.11. The Labute approximate surface area is 71.6 Å². The number of rotatable bonds is 4. The van der Waals surface area contributed by atoms with Crippen molar-refractivity contribution in [1.82, 2.24) is 15.3 Å². The molecule has 0 atom stereocenters. The molecule has 0 bridgehead atoms. The average molecular weight is 164 g/mol. The van der Waals surface area contributed by atoms with Gasteiger partial charge in [-0.2, -0.15) is 5.26 Å². The fourth-order valence-electron chi connectivity index (χ4n) is 0.916. The van der Waals surface area contributed by atoms with Crippen LogP contribution < -0.4 is 5.32 Å². The zero-order valence-electron chi connectivity index (χ0n) is 7.09. The Morgan fingerprint density at radius 2 is 2.58 bits per heavy atom. The summed E-state index contributed by atoms with van der Waals surface area (Å²) in [6.07, 6.45) is 2.22. The van der Waals surface area contributed by atoms with Crippen LogP contribution in [-0.4, -0.2) is 16.5 Å². The largest absolute Gasteiger partial charge is 0.348 e. The van der Waals surface area contributed by atoms with Crippen LogP contribution in [0.4, 0.5) is 0 Å². The van der Waals surface area contributed by atoms with E-state index in [0.717, 1.165) is 24.5 Å². The van der Waals surface area contributed by atoms with Gasteiger partial charge in [-0.15, -0.1) is 0 Å². The van der Waals surface area contributed by atoms with E-state index in [-0.39, 0.29) is 0 Å². The molecule has 0 amide bonds. The molecule has 4 heteroatoms. The maximum atomic E-state index is 8.27. The van der Waals surface area contributed by atoms with Gasteiger partial charge in [0.25, 0.3) is 0 Å². The van der Waals surface area contributed by atoms with Crippen LogP contribution in [0.25, 0.3) is 0 Å². The number of nitrogens with one attached hydrogen (secondary N) is 2. The van der Waals surface area contributed by atoms with E-state index in [2.05, 4.69) is 21.4 Å². The second kappa shape index (κ2) is 4.52. The fourth-order valence-corrected chi connectivity index (χ4v) is 0.916. The summed E-state index contributed by atoms with van der Waals surface area (Å²) in [7, 11) is 0. The smallest absolute Gasteiger partial charge is 0.0925 e. The highest BCUT2D eigenvalue weighted by molar-refractivity contribution is 5.07. The van der Waals surface area contributed by atoms with Gasteiger partial charge < -0.3 is 10.3 Å². The molecule has 64 valence electrons. The molecular formula is C8H12N4. The van der Waals surface area contributed by atoms with Crippen molar-refractivity contribution in [3.63, 3.8) is 0 Å². The lowest BCUT2D eigenvalue weighted by molar-refractivity contribution is 0.685. The molecule has 0 aliphatic rings. The van der Waals surface area contributed by atoms with Crippen LogP contribution in [-0.2, 0) is 6.54 Å². The quantitative estimate of drug-likeness (QED) is 0.644. The molecule has 1 aromatic heterocycles. The van der Waals surface area contributed by atoms with Crippen LogP contribution in [0.3, 0.4) is 0 Å². The lowest BCUT2D eigenvalue weighted by Crippen LogP contribution is -2.15. The van der Waals surface area contributed by atoms with E-state index in [9.17, 15) is 0 Å². The van der Waals surface area contributed by atoms with E-state index in [1.807, 2.05) is 6.92 Å². The molecule has 1 heterocycles. The summed E-state index contributed by atoms with van der Waals surface area (Å²) < 4.78 is 0. The Hall–Kier alpha value is -1.34. The number of hydrogen-bond donors (Lipinski definition) is 2. The van der Waals surface area contributed by atoms with Crippen LogP contribution in [0, 0.1) is 18.3 Å². The van der Waals surface area contributed by atoms with Crippen LogP contribution >= 0.6 is 0 Å². The number of aryl methyl sites for hydroxylation is 1. The van der Waals surface area contributed by atoms with Gasteiger partial charge in [0.2, 0.25) is 0 Å². The fraction of sp³-hybridized carbons (Fsp3) is 0.500. The van der Waals surface area contributed by atoms with Gasteiger partial charge >= 0.3 is 0 Å². The molecule has 0 aliphatic heterocycles. The number of imidazole rings is 1. The Morgan fingerprint density at radius 1 is 1.75 bits per heavy atom. The maximum absolute atomic E-state index is 8.27. The molecule has 1 rings (SSSR count). The van der Waals surface area contributed by atoms with Gasteiger partial charge in [0, 0.05) is 25.2 Å². The summed E-state index contributed by atoms with van der Waals surface area (Å²) in [5, 5.41) is 11.4. The molecule has 4 nitrogen and oxygen atoms in total. The van der Waals surface area contributed by atoms with Crippen molar-refractivity contribution in [2.75, 3.05) is 6.54 Å². The van der Waals surface area contributed by atoms with Crippen molar-refractivity contribution in [1.29, 1.82) is 5.26 Å². The predicted molar refractivity (Wildman–Crippen MR) is 45.3 cm³/mol. The van der Waals surface area contributed by atoms with Gasteiger partial charge in [0.05, 0.1) is 18.1 Å². The summed E-state index contributed by atoms with van der Waals surface area (Å²) in [5.74, 6) is 0. The van der Waals surface area contributed by atoms with E-state index in [4.69, 9.17) is 5.26 Å². The van der Waals surface area contributed by atoms with Crippen molar-refractivity contribution in [3.05, 3.63) is 17.7 Å². The molecule has 0 saturated carbocycles. The lowest BCUT2D eigenvalue weighted by Gasteiger charge is -1.98. The Bertz CT molecular complexity index is 271. The van der Waals surface area contributed by atoms with Crippen LogP contribution in [0.15, 0.2) is 6.33 Å². The summed E-state index contributed by atoms with van der Waals surface area (Å²) in [5.41, 5.74) is 2.10. The normalized spacial score (nSPS) is 9.67. The van der Waals surface area contributed by atoms with Gasteiger partial charge in [-0.25, -0.2) is 4.98 Å². The second-order valence-electron chi connectivity index (χ2n) is 2.56. The van der Waals surface area contributed by atoms with Crippen molar-refractivity contribution >= 4 is 0 Å². The first kappa shape index (κ1) is 8.75.